The molecule has 0 saturated heterocycles. The molecule has 1 aliphatic carbocycles. The molecular weight excluding hydrogens is 536 g/mol. The summed E-state index contributed by atoms with van der Waals surface area (Å²) in [5, 5.41) is 4.92. The van der Waals surface area contributed by atoms with Crippen molar-refractivity contribution in [3.8, 4) is 33.6 Å². The molecule has 7 aromatic rings. The summed E-state index contributed by atoms with van der Waals surface area (Å²) in [5.74, 6) is 0.881. The molecule has 210 valence electrons. The first kappa shape index (κ1) is 26.1. The molecule has 2 unspecified atom stereocenters. The van der Waals surface area contributed by atoms with Gasteiger partial charge in [-0.3, -0.25) is 4.99 Å². The summed E-state index contributed by atoms with van der Waals surface area (Å²) in [6.45, 7) is 0. The van der Waals surface area contributed by atoms with Crippen molar-refractivity contribution in [1.29, 1.82) is 0 Å². The van der Waals surface area contributed by atoms with E-state index in [1.165, 1.54) is 43.8 Å². The molecule has 0 saturated carbocycles. The van der Waals surface area contributed by atoms with Crippen molar-refractivity contribution in [3.05, 3.63) is 151 Å². The van der Waals surface area contributed by atoms with Crippen LogP contribution < -0.4 is 5.73 Å². The Kier molecular flexibility index (Phi) is 6.47. The van der Waals surface area contributed by atoms with Crippen LogP contribution in [-0.4, -0.2) is 28.3 Å². The van der Waals surface area contributed by atoms with E-state index in [0.717, 1.165) is 28.0 Å². The fourth-order valence-electron chi connectivity index (χ4n) is 6.30. The number of nitrogens with two attached hydrogens (primary N) is 1. The van der Waals surface area contributed by atoms with Crippen LogP contribution in [0.4, 0.5) is 0 Å². The molecule has 0 spiro atoms. The number of rotatable bonds is 5. The lowest BCUT2D eigenvalue weighted by Gasteiger charge is -2.18. The van der Waals surface area contributed by atoms with Gasteiger partial charge in [0.15, 0.2) is 0 Å². The fraction of sp³-hybridized carbons (Fsp3) is 0.0500. The molecule has 0 radical (unpaired) electrons. The highest BCUT2D eigenvalue weighted by molar-refractivity contribution is 6.21. The van der Waals surface area contributed by atoms with Crippen LogP contribution in [0.1, 0.15) is 5.56 Å². The lowest BCUT2D eigenvalue weighted by atomic mass is 9.86. The van der Waals surface area contributed by atoms with Crippen molar-refractivity contribution in [2.24, 2.45) is 10.7 Å². The zero-order chi connectivity index (χ0) is 29.5. The predicted octanol–water partition coefficient (Wildman–Crippen LogP) is 9.11. The van der Waals surface area contributed by atoms with E-state index in [0.29, 0.717) is 0 Å². The van der Waals surface area contributed by atoms with E-state index in [2.05, 4.69) is 108 Å². The van der Waals surface area contributed by atoms with E-state index in [9.17, 15) is 0 Å². The Morgan fingerprint density at radius 2 is 1.11 bits per heavy atom. The van der Waals surface area contributed by atoms with Gasteiger partial charge < -0.3 is 10.7 Å². The van der Waals surface area contributed by atoms with Crippen molar-refractivity contribution < 1.29 is 0 Å². The lowest BCUT2D eigenvalue weighted by Crippen LogP contribution is -2.31. The minimum Gasteiger partial charge on any atom is -0.338 e. The van der Waals surface area contributed by atoms with E-state index in [1.54, 1.807) is 0 Å². The van der Waals surface area contributed by atoms with Crippen LogP contribution in [0.2, 0.25) is 0 Å². The quantitative estimate of drug-likeness (QED) is 0.161. The Balaban J connectivity index is 1.21. The number of aliphatic imine (C=N–C) groups is 1. The maximum Gasteiger partial charge on any atom is 0.138 e. The Morgan fingerprint density at radius 1 is 0.591 bits per heavy atom. The highest BCUT2D eigenvalue weighted by atomic mass is 14.9. The maximum atomic E-state index is 6.20. The van der Waals surface area contributed by atoms with E-state index >= 15 is 0 Å². The van der Waals surface area contributed by atoms with Gasteiger partial charge in [-0.05, 0) is 61.5 Å². The number of aromatic amines is 1. The van der Waals surface area contributed by atoms with Crippen LogP contribution in [0.3, 0.4) is 0 Å². The van der Waals surface area contributed by atoms with Crippen molar-refractivity contribution in [2.75, 3.05) is 0 Å². The lowest BCUT2D eigenvalue weighted by molar-refractivity contribution is 0.704. The molecule has 8 rings (SSSR count). The number of benzene rings is 6. The number of nitrogens with zero attached hydrogens (tertiary/aromatic N) is 2. The van der Waals surface area contributed by atoms with Gasteiger partial charge in [0.05, 0.1) is 17.1 Å². The second kappa shape index (κ2) is 10.9. The number of nitrogens with one attached hydrogen (secondary N) is 1. The summed E-state index contributed by atoms with van der Waals surface area (Å²) >= 11 is 0. The van der Waals surface area contributed by atoms with Crippen molar-refractivity contribution in [3.63, 3.8) is 0 Å². The second-order valence-corrected chi connectivity index (χ2v) is 11.3. The average molecular weight is 567 g/mol. The number of fused-ring (bicyclic) bond motifs is 3. The van der Waals surface area contributed by atoms with Crippen LogP contribution in [0.25, 0.3) is 66.2 Å². The van der Waals surface area contributed by atoms with Gasteiger partial charge in [0, 0.05) is 17.8 Å². The second-order valence-electron chi connectivity index (χ2n) is 11.3. The van der Waals surface area contributed by atoms with Gasteiger partial charge in [-0.2, -0.15) is 0 Å². The first-order valence-corrected chi connectivity index (χ1v) is 15.0. The smallest absolute Gasteiger partial charge is 0.138 e. The number of para-hydroxylation sites is 2. The van der Waals surface area contributed by atoms with Crippen LogP contribution in [0, 0.1) is 0 Å². The molecule has 2 atom stereocenters. The summed E-state index contributed by atoms with van der Waals surface area (Å²) in [6.07, 6.45) is 9.93. The summed E-state index contributed by atoms with van der Waals surface area (Å²) in [4.78, 5) is 13.0. The zero-order valence-electron chi connectivity index (χ0n) is 24.1. The Bertz CT molecular complexity index is 2150. The van der Waals surface area contributed by atoms with Crippen LogP contribution in [0.15, 0.2) is 151 Å². The van der Waals surface area contributed by atoms with Gasteiger partial charge in [-0.15, -0.1) is 0 Å². The molecular formula is C40H30N4. The molecule has 6 aromatic carbocycles. The first-order chi connectivity index (χ1) is 21.7. The molecule has 4 heteroatoms. The summed E-state index contributed by atoms with van der Waals surface area (Å²) in [7, 11) is 0. The van der Waals surface area contributed by atoms with Gasteiger partial charge in [-0.25, -0.2) is 4.98 Å². The third kappa shape index (κ3) is 4.62. The average Bonchev–Trinajstić information content (AvgIpc) is 3.52. The third-order valence-corrected chi connectivity index (χ3v) is 8.51. The molecule has 0 amide bonds. The molecule has 4 nitrogen and oxygen atoms in total. The Labute approximate surface area is 255 Å². The van der Waals surface area contributed by atoms with E-state index < -0.39 is 0 Å². The van der Waals surface area contributed by atoms with Crippen LogP contribution in [-0.2, 0) is 0 Å². The molecule has 44 heavy (non-hydrogen) atoms. The number of hydrogen-bond donors (Lipinski definition) is 2. The zero-order valence-corrected chi connectivity index (χ0v) is 24.1. The number of hydrogen-bond acceptors (Lipinski definition) is 3. The number of H-pyrrole nitrogens is 1. The molecule has 1 aliphatic rings. The standard InChI is InChI=1S/C40H30N4/c41-34-13-5-6-14-35(34)42-25-26-17-19-27(20-18-26)38-30-9-1-3-11-32(30)39(33-12-4-2-10-31(33)38)28-21-23-29(24-22-28)40-43-36-15-7-8-16-37(36)44-40/h1-25,34-35H,41H2,(H,43,44). The Morgan fingerprint density at radius 3 is 1.70 bits per heavy atom. The molecule has 1 aromatic heterocycles. The maximum absolute atomic E-state index is 6.20. The molecule has 3 N–H and O–H groups in total. The molecule has 1 heterocycles. The first-order valence-electron chi connectivity index (χ1n) is 15.0. The monoisotopic (exact) mass is 566 g/mol. The predicted molar refractivity (Wildman–Crippen MR) is 185 cm³/mol. The fourth-order valence-corrected chi connectivity index (χ4v) is 6.30. The summed E-state index contributed by atoms with van der Waals surface area (Å²) in [6, 6.07) is 42.9. The largest absolute Gasteiger partial charge is 0.338 e. The van der Waals surface area contributed by atoms with E-state index in [4.69, 9.17) is 15.7 Å². The van der Waals surface area contributed by atoms with Crippen molar-refractivity contribution in [1.82, 2.24) is 9.97 Å². The molecule has 0 fully saturated rings. The number of imidazole rings is 1. The highest BCUT2D eigenvalue weighted by Crippen LogP contribution is 2.43. The van der Waals surface area contributed by atoms with Crippen molar-refractivity contribution >= 4 is 38.8 Å². The molecule has 0 bridgehead atoms. The van der Waals surface area contributed by atoms with Crippen LogP contribution >= 0.6 is 0 Å². The van der Waals surface area contributed by atoms with Gasteiger partial charge in [0.2, 0.25) is 0 Å². The van der Waals surface area contributed by atoms with Gasteiger partial charge in [0.25, 0.3) is 0 Å². The highest BCUT2D eigenvalue weighted by Gasteiger charge is 2.17. The van der Waals surface area contributed by atoms with E-state index in [-0.39, 0.29) is 12.1 Å². The van der Waals surface area contributed by atoms with Gasteiger partial charge in [0.1, 0.15) is 5.82 Å². The summed E-state index contributed by atoms with van der Waals surface area (Å²) < 4.78 is 0. The minimum atomic E-state index is -0.0896. The molecule has 0 aliphatic heterocycles. The van der Waals surface area contributed by atoms with Crippen molar-refractivity contribution in [2.45, 2.75) is 12.1 Å². The summed E-state index contributed by atoms with van der Waals surface area (Å²) in [5.41, 5.74) is 15.2. The van der Waals surface area contributed by atoms with Crippen LogP contribution in [0.5, 0.6) is 0 Å². The SMILES string of the molecule is NC1C=CC=CC1N=Cc1ccc(-c2c3ccccc3c(-c3ccc(-c4nc5ccccc5[nH]4)cc3)c3ccccc23)cc1. The normalized spacial score (nSPS) is 16.5. The number of allylic oxidation sites excluding steroid dienone is 2. The topological polar surface area (TPSA) is 67.1 Å². The van der Waals surface area contributed by atoms with E-state index in [1.807, 2.05) is 48.7 Å². The number of aromatic nitrogens is 2. The minimum absolute atomic E-state index is 0.0344. The third-order valence-electron chi connectivity index (χ3n) is 8.51. The Hall–Kier alpha value is -5.58. The van der Waals surface area contributed by atoms with Gasteiger partial charge in [-0.1, -0.05) is 133 Å². The van der Waals surface area contributed by atoms with Gasteiger partial charge >= 0.3 is 0 Å².